The second kappa shape index (κ2) is 9.30. The van der Waals surface area contributed by atoms with Crippen molar-refractivity contribution in [3.63, 3.8) is 0 Å². The maximum absolute atomic E-state index is 13.3. The fraction of sp³-hybridized carbons (Fsp3) is 0.444. The summed E-state index contributed by atoms with van der Waals surface area (Å²) < 4.78 is 23.6. The summed E-state index contributed by atoms with van der Waals surface area (Å²) in [5.74, 6) is 0.445. The summed E-state index contributed by atoms with van der Waals surface area (Å²) in [5.41, 5.74) is 1.86. The van der Waals surface area contributed by atoms with Crippen LogP contribution in [0.25, 0.3) is 0 Å². The zero-order valence-corrected chi connectivity index (χ0v) is 14.8. The Balaban J connectivity index is 1.63. The number of morpholine rings is 1. The van der Waals surface area contributed by atoms with Crippen molar-refractivity contribution in [2.75, 3.05) is 39.9 Å². The van der Waals surface area contributed by atoms with Gasteiger partial charge in [0.2, 0.25) is 0 Å². The SMILES string of the molecule is CN=C(NCc1ccon1)NCC(c1ccc(F)cc1)N1CCOCC1. The lowest BCUT2D eigenvalue weighted by Crippen LogP contribution is -2.46. The molecule has 0 saturated carbocycles. The molecule has 140 valence electrons. The van der Waals surface area contributed by atoms with Crippen LogP contribution in [0.4, 0.5) is 4.39 Å². The lowest BCUT2D eigenvalue weighted by Gasteiger charge is -2.35. The molecule has 2 N–H and O–H groups in total. The number of benzene rings is 1. The van der Waals surface area contributed by atoms with Crippen molar-refractivity contribution in [1.29, 1.82) is 0 Å². The number of ether oxygens (including phenoxy) is 1. The smallest absolute Gasteiger partial charge is 0.191 e. The van der Waals surface area contributed by atoms with Gasteiger partial charge in [0.25, 0.3) is 0 Å². The van der Waals surface area contributed by atoms with Crippen molar-refractivity contribution in [3.05, 3.63) is 53.7 Å². The predicted octanol–water partition coefficient (Wildman–Crippen LogP) is 1.55. The van der Waals surface area contributed by atoms with E-state index in [9.17, 15) is 4.39 Å². The van der Waals surface area contributed by atoms with Gasteiger partial charge >= 0.3 is 0 Å². The van der Waals surface area contributed by atoms with E-state index in [0.717, 1.165) is 24.3 Å². The van der Waals surface area contributed by atoms with Crippen molar-refractivity contribution in [2.45, 2.75) is 12.6 Å². The van der Waals surface area contributed by atoms with Gasteiger partial charge in [-0.1, -0.05) is 17.3 Å². The third kappa shape index (κ3) is 5.03. The van der Waals surface area contributed by atoms with Gasteiger partial charge in [0, 0.05) is 32.7 Å². The molecule has 1 aromatic carbocycles. The van der Waals surface area contributed by atoms with Gasteiger partial charge in [-0.25, -0.2) is 4.39 Å². The van der Waals surface area contributed by atoms with Crippen LogP contribution in [0.1, 0.15) is 17.3 Å². The molecule has 1 unspecified atom stereocenters. The van der Waals surface area contributed by atoms with E-state index >= 15 is 0 Å². The van der Waals surface area contributed by atoms with Gasteiger partial charge in [0.1, 0.15) is 17.8 Å². The summed E-state index contributed by atoms with van der Waals surface area (Å²) >= 11 is 0. The summed E-state index contributed by atoms with van der Waals surface area (Å²) in [5, 5.41) is 10.4. The minimum Gasteiger partial charge on any atom is -0.379 e. The Morgan fingerprint density at radius 2 is 2.00 bits per heavy atom. The highest BCUT2D eigenvalue weighted by atomic mass is 19.1. The lowest BCUT2D eigenvalue weighted by atomic mass is 10.0. The molecular formula is C18H24FN5O2. The topological polar surface area (TPSA) is 74.9 Å². The molecule has 1 aliphatic rings. The fourth-order valence-corrected chi connectivity index (χ4v) is 2.95. The number of rotatable bonds is 6. The highest BCUT2D eigenvalue weighted by molar-refractivity contribution is 5.79. The number of nitrogens with one attached hydrogen (secondary N) is 2. The summed E-state index contributed by atoms with van der Waals surface area (Å²) in [6, 6.07) is 8.58. The van der Waals surface area contributed by atoms with E-state index in [1.165, 1.54) is 18.4 Å². The molecule has 26 heavy (non-hydrogen) atoms. The molecule has 1 atom stereocenters. The van der Waals surface area contributed by atoms with E-state index in [1.54, 1.807) is 13.1 Å². The van der Waals surface area contributed by atoms with Crippen LogP contribution in [0.5, 0.6) is 0 Å². The number of halogens is 1. The van der Waals surface area contributed by atoms with Gasteiger partial charge in [-0.2, -0.15) is 0 Å². The standard InChI is InChI=1S/C18H24FN5O2/c1-20-18(21-12-16-6-9-26-23-16)22-13-17(24-7-10-25-11-8-24)14-2-4-15(19)5-3-14/h2-6,9,17H,7-8,10-13H2,1H3,(H2,20,21,22). The van der Waals surface area contributed by atoms with E-state index in [-0.39, 0.29) is 11.9 Å². The second-order valence-electron chi connectivity index (χ2n) is 6.01. The Labute approximate surface area is 152 Å². The molecule has 2 heterocycles. The van der Waals surface area contributed by atoms with Crippen molar-refractivity contribution >= 4 is 5.96 Å². The van der Waals surface area contributed by atoms with Gasteiger partial charge in [0.15, 0.2) is 5.96 Å². The molecule has 0 radical (unpaired) electrons. The average molecular weight is 361 g/mol. The van der Waals surface area contributed by atoms with E-state index in [4.69, 9.17) is 9.26 Å². The zero-order valence-electron chi connectivity index (χ0n) is 14.8. The maximum atomic E-state index is 13.3. The van der Waals surface area contributed by atoms with Crippen LogP contribution in [0.3, 0.4) is 0 Å². The van der Waals surface area contributed by atoms with Crippen LogP contribution >= 0.6 is 0 Å². The number of hydrogen-bond acceptors (Lipinski definition) is 5. The Morgan fingerprint density at radius 1 is 1.23 bits per heavy atom. The fourth-order valence-electron chi connectivity index (χ4n) is 2.95. The predicted molar refractivity (Wildman–Crippen MR) is 96.2 cm³/mol. The van der Waals surface area contributed by atoms with Crippen molar-refractivity contribution < 1.29 is 13.7 Å². The molecule has 0 spiro atoms. The first-order valence-electron chi connectivity index (χ1n) is 8.67. The monoisotopic (exact) mass is 361 g/mol. The van der Waals surface area contributed by atoms with Crippen LogP contribution in [-0.2, 0) is 11.3 Å². The minimum absolute atomic E-state index is 0.102. The van der Waals surface area contributed by atoms with Crippen LogP contribution in [0, 0.1) is 5.82 Å². The van der Waals surface area contributed by atoms with Crippen molar-refractivity contribution in [3.8, 4) is 0 Å². The highest BCUT2D eigenvalue weighted by Crippen LogP contribution is 2.21. The lowest BCUT2D eigenvalue weighted by molar-refractivity contribution is 0.0170. The first-order valence-corrected chi connectivity index (χ1v) is 8.67. The summed E-state index contributed by atoms with van der Waals surface area (Å²) in [6.45, 7) is 4.26. The summed E-state index contributed by atoms with van der Waals surface area (Å²) in [6.07, 6.45) is 1.54. The van der Waals surface area contributed by atoms with E-state index in [1.807, 2.05) is 12.1 Å². The van der Waals surface area contributed by atoms with Gasteiger partial charge < -0.3 is 19.9 Å². The Hall–Kier alpha value is -2.45. The summed E-state index contributed by atoms with van der Waals surface area (Å²) in [4.78, 5) is 6.59. The highest BCUT2D eigenvalue weighted by Gasteiger charge is 2.23. The molecule has 0 amide bonds. The Kier molecular flexibility index (Phi) is 6.56. The molecule has 1 aromatic heterocycles. The number of nitrogens with zero attached hydrogens (tertiary/aromatic N) is 3. The largest absolute Gasteiger partial charge is 0.379 e. The van der Waals surface area contributed by atoms with Crippen LogP contribution in [-0.4, -0.2) is 55.9 Å². The third-order valence-corrected chi connectivity index (χ3v) is 4.36. The molecule has 7 nitrogen and oxygen atoms in total. The molecular weight excluding hydrogens is 337 g/mol. The normalized spacial score (nSPS) is 17.1. The third-order valence-electron chi connectivity index (χ3n) is 4.36. The van der Waals surface area contributed by atoms with Crippen molar-refractivity contribution in [2.24, 2.45) is 4.99 Å². The van der Waals surface area contributed by atoms with E-state index in [2.05, 4.69) is 25.7 Å². The van der Waals surface area contributed by atoms with Crippen molar-refractivity contribution in [1.82, 2.24) is 20.7 Å². The van der Waals surface area contributed by atoms with Gasteiger partial charge in [-0.15, -0.1) is 0 Å². The van der Waals surface area contributed by atoms with E-state index in [0.29, 0.717) is 32.3 Å². The van der Waals surface area contributed by atoms with Crippen LogP contribution in [0.2, 0.25) is 0 Å². The Morgan fingerprint density at radius 3 is 2.65 bits per heavy atom. The second-order valence-corrected chi connectivity index (χ2v) is 6.01. The average Bonchev–Trinajstić information content (AvgIpc) is 3.20. The first kappa shape index (κ1) is 18.3. The molecule has 3 rings (SSSR count). The number of hydrogen-bond donors (Lipinski definition) is 2. The van der Waals surface area contributed by atoms with Crippen LogP contribution < -0.4 is 10.6 Å². The van der Waals surface area contributed by atoms with Crippen LogP contribution in [0.15, 0.2) is 46.1 Å². The molecule has 8 heteroatoms. The Bertz CT molecular complexity index is 684. The maximum Gasteiger partial charge on any atom is 0.191 e. The van der Waals surface area contributed by atoms with Gasteiger partial charge in [-0.05, 0) is 17.7 Å². The minimum atomic E-state index is -0.229. The van der Waals surface area contributed by atoms with Gasteiger partial charge in [0.05, 0.1) is 25.8 Å². The number of guanidine groups is 1. The molecule has 1 aliphatic heterocycles. The first-order chi connectivity index (χ1) is 12.8. The quantitative estimate of drug-likeness (QED) is 0.601. The number of aromatic nitrogens is 1. The summed E-state index contributed by atoms with van der Waals surface area (Å²) in [7, 11) is 1.72. The van der Waals surface area contributed by atoms with Gasteiger partial charge in [-0.3, -0.25) is 9.89 Å². The van der Waals surface area contributed by atoms with E-state index < -0.39 is 0 Å². The molecule has 0 aliphatic carbocycles. The molecule has 0 bridgehead atoms. The number of aliphatic imine (C=N–C) groups is 1. The zero-order chi connectivity index (χ0) is 18.2. The molecule has 2 aromatic rings. The molecule has 1 fully saturated rings. The molecule has 1 saturated heterocycles.